The summed E-state index contributed by atoms with van der Waals surface area (Å²) in [5, 5.41) is 13.0. The number of aliphatic hydroxyl groups is 1. The number of nitrogens with one attached hydrogen (secondary N) is 1. The van der Waals surface area contributed by atoms with Crippen molar-refractivity contribution < 1.29 is 18.7 Å². The van der Waals surface area contributed by atoms with E-state index in [1.165, 1.54) is 24.5 Å². The summed E-state index contributed by atoms with van der Waals surface area (Å²) in [7, 11) is 0. The van der Waals surface area contributed by atoms with Crippen LogP contribution in [0.4, 0.5) is 10.1 Å². The third-order valence-electron chi connectivity index (χ3n) is 5.57. The maximum absolute atomic E-state index is 13.3. The normalized spacial score (nSPS) is 16.0. The molecule has 0 bridgehead atoms. The van der Waals surface area contributed by atoms with Crippen LogP contribution in [0.1, 0.15) is 21.9 Å². The van der Waals surface area contributed by atoms with E-state index >= 15 is 0 Å². The summed E-state index contributed by atoms with van der Waals surface area (Å²) in [5.74, 6) is -0.552. The highest BCUT2D eigenvalue weighted by Gasteiger charge is 2.21. The standard InChI is InChI=1S/C24H26ClFN4O3/c25-20-13-18(6-7-21(20)26)27-24(32)22-16-33-23(28-22)15-30-10-8-29(9-11-30)14-19(31)12-17-4-2-1-3-5-17/h1-7,13,16,19,31H,8-12,14-15H2,(H,27,32). The van der Waals surface area contributed by atoms with Crippen molar-refractivity contribution in [1.29, 1.82) is 0 Å². The molecular formula is C24H26ClFN4O3. The van der Waals surface area contributed by atoms with Gasteiger partial charge < -0.3 is 14.8 Å². The first-order valence-corrected chi connectivity index (χ1v) is 11.2. The van der Waals surface area contributed by atoms with E-state index in [2.05, 4.69) is 20.1 Å². The SMILES string of the molecule is O=C(Nc1ccc(F)c(Cl)c1)c1coc(CN2CCN(CC(O)Cc3ccccc3)CC2)n1. The highest BCUT2D eigenvalue weighted by molar-refractivity contribution is 6.31. The van der Waals surface area contributed by atoms with Gasteiger partial charge in [0.1, 0.15) is 12.1 Å². The van der Waals surface area contributed by atoms with Gasteiger partial charge in [0.2, 0.25) is 5.89 Å². The first kappa shape index (κ1) is 23.4. The van der Waals surface area contributed by atoms with Crippen LogP contribution in [0.15, 0.2) is 59.2 Å². The molecule has 1 fully saturated rings. The minimum absolute atomic E-state index is 0.0691. The number of rotatable bonds is 8. The van der Waals surface area contributed by atoms with E-state index in [0.29, 0.717) is 31.1 Å². The number of carbonyl (C=O) groups is 1. The van der Waals surface area contributed by atoms with E-state index in [4.69, 9.17) is 16.0 Å². The summed E-state index contributed by atoms with van der Waals surface area (Å²) < 4.78 is 18.7. The monoisotopic (exact) mass is 472 g/mol. The molecule has 1 atom stereocenters. The number of amides is 1. The maximum Gasteiger partial charge on any atom is 0.277 e. The lowest BCUT2D eigenvalue weighted by molar-refractivity contribution is 0.0675. The fourth-order valence-electron chi connectivity index (χ4n) is 3.83. The van der Waals surface area contributed by atoms with Crippen molar-refractivity contribution >= 4 is 23.2 Å². The van der Waals surface area contributed by atoms with Gasteiger partial charge in [-0.1, -0.05) is 41.9 Å². The number of halogens is 2. The van der Waals surface area contributed by atoms with Crippen molar-refractivity contribution in [3.63, 3.8) is 0 Å². The minimum atomic E-state index is -0.552. The number of benzene rings is 2. The smallest absolute Gasteiger partial charge is 0.277 e. The number of anilines is 1. The second-order valence-electron chi connectivity index (χ2n) is 8.13. The molecule has 1 saturated heterocycles. The molecule has 0 spiro atoms. The van der Waals surface area contributed by atoms with Crippen LogP contribution in [0.5, 0.6) is 0 Å². The molecule has 1 aromatic heterocycles. The third kappa shape index (κ3) is 6.61. The van der Waals surface area contributed by atoms with Gasteiger partial charge in [0.15, 0.2) is 5.69 Å². The zero-order valence-corrected chi connectivity index (χ0v) is 18.8. The molecule has 9 heteroatoms. The number of nitrogens with zero attached hydrogens (tertiary/aromatic N) is 3. The van der Waals surface area contributed by atoms with E-state index in [9.17, 15) is 14.3 Å². The molecule has 0 radical (unpaired) electrons. The van der Waals surface area contributed by atoms with Crippen molar-refractivity contribution in [2.45, 2.75) is 19.1 Å². The lowest BCUT2D eigenvalue weighted by atomic mass is 10.1. The second-order valence-corrected chi connectivity index (χ2v) is 8.54. The van der Waals surface area contributed by atoms with E-state index in [0.717, 1.165) is 31.7 Å². The number of oxazole rings is 1. The molecule has 174 valence electrons. The summed E-state index contributed by atoms with van der Waals surface area (Å²) in [6, 6.07) is 13.9. The highest BCUT2D eigenvalue weighted by Crippen LogP contribution is 2.20. The van der Waals surface area contributed by atoms with E-state index in [-0.39, 0.29) is 10.7 Å². The van der Waals surface area contributed by atoms with Crippen LogP contribution in [0.3, 0.4) is 0 Å². The molecule has 2 N–H and O–H groups in total. The molecule has 0 saturated carbocycles. The Morgan fingerprint density at radius 1 is 1.15 bits per heavy atom. The minimum Gasteiger partial charge on any atom is -0.447 e. The molecule has 1 aliphatic heterocycles. The Labute approximate surface area is 196 Å². The molecule has 0 aliphatic carbocycles. The Morgan fingerprint density at radius 2 is 1.88 bits per heavy atom. The van der Waals surface area contributed by atoms with Crippen LogP contribution in [0.25, 0.3) is 0 Å². The lowest BCUT2D eigenvalue weighted by Crippen LogP contribution is -2.48. The number of hydrogen-bond donors (Lipinski definition) is 2. The fourth-order valence-corrected chi connectivity index (χ4v) is 4.01. The van der Waals surface area contributed by atoms with Gasteiger partial charge in [0.25, 0.3) is 5.91 Å². The molecule has 1 aliphatic rings. The largest absolute Gasteiger partial charge is 0.447 e. The number of β-amino-alcohol motifs (C(OH)–C–C–N with tert-alkyl or cyclic N) is 1. The first-order chi connectivity index (χ1) is 16.0. The first-order valence-electron chi connectivity index (χ1n) is 10.8. The van der Waals surface area contributed by atoms with Gasteiger partial charge in [0, 0.05) is 38.4 Å². The van der Waals surface area contributed by atoms with Crippen molar-refractivity contribution in [3.05, 3.63) is 82.8 Å². The quantitative estimate of drug-likeness (QED) is 0.522. The van der Waals surface area contributed by atoms with Crippen LogP contribution >= 0.6 is 11.6 Å². The van der Waals surface area contributed by atoms with E-state index in [1.807, 2.05) is 30.3 Å². The Hall–Kier alpha value is -2.78. The van der Waals surface area contributed by atoms with Crippen molar-refractivity contribution in [1.82, 2.24) is 14.8 Å². The topological polar surface area (TPSA) is 81.8 Å². The average molecular weight is 473 g/mol. The molecule has 33 heavy (non-hydrogen) atoms. The number of aromatic nitrogens is 1. The van der Waals surface area contributed by atoms with Gasteiger partial charge >= 0.3 is 0 Å². The molecule has 7 nitrogen and oxygen atoms in total. The number of carbonyl (C=O) groups excluding carboxylic acids is 1. The van der Waals surface area contributed by atoms with Crippen LogP contribution in [-0.4, -0.2) is 64.6 Å². The predicted octanol–water partition coefficient (Wildman–Crippen LogP) is 3.44. The summed E-state index contributed by atoms with van der Waals surface area (Å²) in [4.78, 5) is 21.1. The van der Waals surface area contributed by atoms with Gasteiger partial charge in [-0.3, -0.25) is 14.6 Å². The zero-order chi connectivity index (χ0) is 23.2. The molecule has 2 aromatic carbocycles. The van der Waals surface area contributed by atoms with Crippen LogP contribution in [0.2, 0.25) is 5.02 Å². The number of aliphatic hydroxyl groups excluding tert-OH is 1. The molecule has 2 heterocycles. The Bertz CT molecular complexity index is 1070. The fraction of sp³-hybridized carbons (Fsp3) is 0.333. The lowest BCUT2D eigenvalue weighted by Gasteiger charge is -2.35. The Morgan fingerprint density at radius 3 is 2.61 bits per heavy atom. The second kappa shape index (κ2) is 10.9. The Balaban J connectivity index is 1.22. The van der Waals surface area contributed by atoms with Crippen molar-refractivity contribution in [2.24, 2.45) is 0 Å². The molecule has 4 rings (SSSR count). The third-order valence-corrected chi connectivity index (χ3v) is 5.86. The summed E-state index contributed by atoms with van der Waals surface area (Å²) in [6.07, 6.45) is 1.56. The zero-order valence-electron chi connectivity index (χ0n) is 18.1. The van der Waals surface area contributed by atoms with Gasteiger partial charge in [-0.15, -0.1) is 0 Å². The van der Waals surface area contributed by atoms with E-state index < -0.39 is 17.8 Å². The van der Waals surface area contributed by atoms with Gasteiger partial charge in [-0.2, -0.15) is 0 Å². The number of piperazine rings is 1. The molecule has 1 amide bonds. The predicted molar refractivity (Wildman–Crippen MR) is 124 cm³/mol. The van der Waals surface area contributed by atoms with Crippen LogP contribution < -0.4 is 5.32 Å². The summed E-state index contributed by atoms with van der Waals surface area (Å²) in [5.41, 5.74) is 1.66. The maximum atomic E-state index is 13.3. The highest BCUT2D eigenvalue weighted by atomic mass is 35.5. The molecule has 1 unspecified atom stereocenters. The molecule has 3 aromatic rings. The summed E-state index contributed by atoms with van der Waals surface area (Å²) in [6.45, 7) is 4.44. The summed E-state index contributed by atoms with van der Waals surface area (Å²) >= 11 is 5.75. The van der Waals surface area contributed by atoms with Gasteiger partial charge in [-0.05, 0) is 30.2 Å². The van der Waals surface area contributed by atoms with Crippen LogP contribution in [0, 0.1) is 5.82 Å². The van der Waals surface area contributed by atoms with E-state index in [1.54, 1.807) is 0 Å². The van der Waals surface area contributed by atoms with Gasteiger partial charge in [-0.25, -0.2) is 9.37 Å². The Kier molecular flexibility index (Phi) is 7.72. The van der Waals surface area contributed by atoms with Gasteiger partial charge in [0.05, 0.1) is 17.7 Å². The molecular weight excluding hydrogens is 447 g/mol. The average Bonchev–Trinajstić information content (AvgIpc) is 3.27. The number of hydrogen-bond acceptors (Lipinski definition) is 6. The van der Waals surface area contributed by atoms with Crippen molar-refractivity contribution in [3.8, 4) is 0 Å². The van der Waals surface area contributed by atoms with Crippen molar-refractivity contribution in [2.75, 3.05) is 38.0 Å². The van der Waals surface area contributed by atoms with Crippen LogP contribution in [-0.2, 0) is 13.0 Å².